The van der Waals surface area contributed by atoms with Gasteiger partial charge in [-0.3, -0.25) is 4.79 Å². The maximum atomic E-state index is 13.3. The highest BCUT2D eigenvalue weighted by atomic mass is 16.7. The molecule has 2 heterocycles. The summed E-state index contributed by atoms with van der Waals surface area (Å²) in [5.74, 6) is -0.198. The number of aliphatic hydroxyl groups is 8. The molecular weight excluding hydrogens is 1010 g/mol. The normalized spacial score (nSPS) is 24.1. The van der Waals surface area contributed by atoms with Crippen molar-refractivity contribution in [2.75, 3.05) is 19.8 Å². The minimum atomic E-state index is -1.78. The van der Waals surface area contributed by atoms with Crippen LogP contribution in [0.4, 0.5) is 0 Å². The number of hydrogen-bond donors (Lipinski definition) is 9. The Labute approximate surface area is 489 Å². The Bertz CT molecular complexity index is 1350. The molecule has 0 radical (unpaired) electrons. The molecule has 0 aromatic rings. The van der Waals surface area contributed by atoms with Crippen LogP contribution in [0.3, 0.4) is 0 Å². The summed E-state index contributed by atoms with van der Waals surface area (Å²) < 4.78 is 22.9. The number of nitrogens with one attached hydrogen (secondary N) is 1. The highest BCUT2D eigenvalue weighted by molar-refractivity contribution is 5.76. The molecule has 0 saturated carbocycles. The van der Waals surface area contributed by atoms with Gasteiger partial charge < -0.3 is 65.1 Å². The molecule has 0 bridgehead atoms. The average molecular weight is 1140 g/mol. The van der Waals surface area contributed by atoms with Crippen LogP contribution in [-0.4, -0.2) is 140 Å². The van der Waals surface area contributed by atoms with E-state index in [1.54, 1.807) is 0 Å². The van der Waals surface area contributed by atoms with Gasteiger partial charge in [-0.2, -0.15) is 0 Å². The van der Waals surface area contributed by atoms with Crippen LogP contribution in [0.2, 0.25) is 0 Å². The van der Waals surface area contributed by atoms with Crippen LogP contribution in [0.1, 0.15) is 322 Å². The molecule has 0 aliphatic carbocycles. The minimum absolute atomic E-state index is 0.198. The SMILES string of the molecule is CCCCCCCCCCCCCCCCCCCCCCCCCCCCCCCCC(=O)NC(COC1OC(CO)C(OC2OC(CO)C(O)C(O)C2O)C(O)C1O)C(O)CCCCCCCCCCCCCCCCCC. The van der Waals surface area contributed by atoms with E-state index in [0.29, 0.717) is 12.8 Å². The largest absolute Gasteiger partial charge is 0.394 e. The first-order chi connectivity index (χ1) is 39.1. The Balaban J connectivity index is 1.63. The van der Waals surface area contributed by atoms with Crippen molar-refractivity contribution in [1.82, 2.24) is 5.32 Å². The summed E-state index contributed by atoms with van der Waals surface area (Å²) in [7, 11) is 0. The van der Waals surface area contributed by atoms with Gasteiger partial charge in [0, 0.05) is 6.42 Å². The van der Waals surface area contributed by atoms with E-state index in [-0.39, 0.29) is 12.5 Å². The monoisotopic (exact) mass is 1140 g/mol. The number of aliphatic hydroxyl groups excluding tert-OH is 8. The molecule has 476 valence electrons. The van der Waals surface area contributed by atoms with Crippen molar-refractivity contribution in [3.05, 3.63) is 0 Å². The van der Waals surface area contributed by atoms with Gasteiger partial charge in [-0.05, 0) is 12.8 Å². The van der Waals surface area contributed by atoms with E-state index in [4.69, 9.17) is 18.9 Å². The molecule has 14 nitrogen and oxygen atoms in total. The maximum Gasteiger partial charge on any atom is 0.220 e. The van der Waals surface area contributed by atoms with Crippen LogP contribution in [0.15, 0.2) is 0 Å². The molecule has 12 unspecified atom stereocenters. The molecule has 12 atom stereocenters. The summed E-state index contributed by atoms with van der Waals surface area (Å²) in [5, 5.41) is 87.4. The van der Waals surface area contributed by atoms with Gasteiger partial charge in [-0.25, -0.2) is 0 Å². The number of unbranched alkanes of at least 4 members (excludes halogenated alkanes) is 44. The van der Waals surface area contributed by atoms with Gasteiger partial charge in [0.2, 0.25) is 5.91 Å². The molecule has 0 aromatic carbocycles. The number of carbonyl (C=O) groups excluding carboxylic acids is 1. The molecule has 80 heavy (non-hydrogen) atoms. The third-order valence-electron chi connectivity index (χ3n) is 17.3. The lowest BCUT2D eigenvalue weighted by molar-refractivity contribution is -0.359. The molecule has 2 fully saturated rings. The summed E-state index contributed by atoms with van der Waals surface area (Å²) >= 11 is 0. The van der Waals surface area contributed by atoms with Crippen LogP contribution in [0, 0.1) is 0 Å². The zero-order valence-corrected chi connectivity index (χ0v) is 51.6. The first-order valence-corrected chi connectivity index (χ1v) is 34.3. The smallest absolute Gasteiger partial charge is 0.220 e. The van der Waals surface area contributed by atoms with E-state index in [9.17, 15) is 45.6 Å². The van der Waals surface area contributed by atoms with E-state index >= 15 is 0 Å². The second-order valence-electron chi connectivity index (χ2n) is 24.7. The van der Waals surface area contributed by atoms with E-state index in [0.717, 1.165) is 51.4 Å². The molecule has 0 aromatic heterocycles. The summed E-state index contributed by atoms with van der Waals surface area (Å²) in [6.07, 6.45) is 44.1. The van der Waals surface area contributed by atoms with Crippen molar-refractivity contribution in [2.24, 2.45) is 0 Å². The number of hydrogen-bond acceptors (Lipinski definition) is 13. The summed E-state index contributed by atoms with van der Waals surface area (Å²) in [6.45, 7) is 2.92. The Hall–Kier alpha value is -1.01. The predicted molar refractivity (Wildman–Crippen MR) is 323 cm³/mol. The van der Waals surface area contributed by atoms with Crippen molar-refractivity contribution in [1.29, 1.82) is 0 Å². The van der Waals surface area contributed by atoms with Gasteiger partial charge in [0.1, 0.15) is 48.8 Å². The molecule has 2 rings (SSSR count). The van der Waals surface area contributed by atoms with Gasteiger partial charge in [-0.1, -0.05) is 303 Å². The molecule has 0 spiro atoms. The topological polar surface area (TPSA) is 228 Å². The number of amides is 1. The molecule has 2 aliphatic rings. The van der Waals surface area contributed by atoms with Gasteiger partial charge in [0.15, 0.2) is 12.6 Å². The molecule has 1 amide bonds. The van der Waals surface area contributed by atoms with Crippen molar-refractivity contribution in [3.63, 3.8) is 0 Å². The third-order valence-corrected chi connectivity index (χ3v) is 17.3. The molecular formula is C66H129NO13. The predicted octanol–water partition coefficient (Wildman–Crippen LogP) is 13.2. The fourth-order valence-corrected chi connectivity index (χ4v) is 11.8. The zero-order chi connectivity index (χ0) is 58.1. The van der Waals surface area contributed by atoms with Gasteiger partial charge in [0.05, 0.1) is 32.0 Å². The average Bonchev–Trinajstić information content (AvgIpc) is 3.46. The third kappa shape index (κ3) is 36.7. The first-order valence-electron chi connectivity index (χ1n) is 34.3. The lowest BCUT2D eigenvalue weighted by Crippen LogP contribution is -2.65. The lowest BCUT2D eigenvalue weighted by Gasteiger charge is -2.46. The van der Waals surface area contributed by atoms with E-state index in [2.05, 4.69) is 19.2 Å². The standard InChI is InChI=1S/C66H129NO13/c1-3-5-7-9-11-13-15-17-19-21-22-23-24-25-26-27-28-29-30-31-32-33-34-36-38-40-42-44-46-48-50-58(71)67-54(55(70)49-47-45-43-41-39-37-35-20-18-16-14-12-10-8-6-4-2)53-77-65-63(76)61(74)64(57(52-69)79-65)80-66-62(75)60(73)59(72)56(51-68)78-66/h54-57,59-66,68-70,72-76H,3-53H2,1-2H3,(H,67,71). The van der Waals surface area contributed by atoms with Gasteiger partial charge in [-0.15, -0.1) is 0 Å². The minimum Gasteiger partial charge on any atom is -0.394 e. The van der Waals surface area contributed by atoms with Crippen molar-refractivity contribution in [3.8, 4) is 0 Å². The summed E-state index contributed by atoms with van der Waals surface area (Å²) in [4.78, 5) is 13.3. The van der Waals surface area contributed by atoms with Crippen LogP contribution in [0.5, 0.6) is 0 Å². The molecule has 2 saturated heterocycles. The Morgan fingerprint density at radius 1 is 0.400 bits per heavy atom. The number of ether oxygens (including phenoxy) is 4. The number of rotatable bonds is 57. The second kappa shape index (κ2) is 52.3. The second-order valence-corrected chi connectivity index (χ2v) is 24.7. The van der Waals surface area contributed by atoms with Crippen molar-refractivity contribution >= 4 is 5.91 Å². The van der Waals surface area contributed by atoms with Crippen molar-refractivity contribution < 1.29 is 64.6 Å². The maximum absolute atomic E-state index is 13.3. The van der Waals surface area contributed by atoms with E-state index in [1.165, 1.54) is 244 Å². The van der Waals surface area contributed by atoms with Crippen LogP contribution in [0.25, 0.3) is 0 Å². The van der Waals surface area contributed by atoms with Gasteiger partial charge in [0.25, 0.3) is 0 Å². The first kappa shape index (κ1) is 75.1. The van der Waals surface area contributed by atoms with Crippen molar-refractivity contribution in [2.45, 2.75) is 396 Å². The fraction of sp³-hybridized carbons (Fsp3) is 0.985. The Kier molecular flexibility index (Phi) is 49.1. The molecule has 9 N–H and O–H groups in total. The van der Waals surface area contributed by atoms with Gasteiger partial charge >= 0.3 is 0 Å². The Morgan fingerprint density at radius 2 is 0.713 bits per heavy atom. The highest BCUT2D eigenvalue weighted by Crippen LogP contribution is 2.30. The summed E-state index contributed by atoms with van der Waals surface area (Å²) in [6, 6.07) is -0.823. The Morgan fingerprint density at radius 3 is 1.06 bits per heavy atom. The molecule has 14 heteroatoms. The molecule has 2 aliphatic heterocycles. The highest BCUT2D eigenvalue weighted by Gasteiger charge is 2.51. The number of carbonyl (C=O) groups is 1. The lowest BCUT2D eigenvalue weighted by atomic mass is 9.97. The van der Waals surface area contributed by atoms with E-state index < -0.39 is 86.8 Å². The van der Waals surface area contributed by atoms with Crippen LogP contribution >= 0.6 is 0 Å². The quantitative estimate of drug-likeness (QED) is 0.0259. The summed E-state index contributed by atoms with van der Waals surface area (Å²) in [5.41, 5.74) is 0. The van der Waals surface area contributed by atoms with E-state index in [1.807, 2.05) is 0 Å². The fourth-order valence-electron chi connectivity index (χ4n) is 11.8. The van der Waals surface area contributed by atoms with Crippen LogP contribution in [-0.2, 0) is 23.7 Å². The van der Waals surface area contributed by atoms with Crippen LogP contribution < -0.4 is 5.32 Å². The zero-order valence-electron chi connectivity index (χ0n) is 51.6.